The summed E-state index contributed by atoms with van der Waals surface area (Å²) in [5.74, 6) is 0. The molecule has 19 heavy (non-hydrogen) atoms. The highest BCUT2D eigenvalue weighted by Crippen LogP contribution is 2.37. The third-order valence-corrected chi connectivity index (χ3v) is 4.32. The number of aryl methyl sites for hydroxylation is 2. The zero-order valence-corrected chi connectivity index (χ0v) is 12.9. The molecule has 0 radical (unpaired) electrons. The van der Waals surface area contributed by atoms with Gasteiger partial charge in [0.25, 0.3) is 0 Å². The lowest BCUT2D eigenvalue weighted by Crippen LogP contribution is -2.43. The quantitative estimate of drug-likeness (QED) is 0.886. The summed E-state index contributed by atoms with van der Waals surface area (Å²) >= 11 is 0. The van der Waals surface area contributed by atoms with Crippen molar-refractivity contribution in [3.8, 4) is 0 Å². The van der Waals surface area contributed by atoms with Crippen molar-refractivity contribution in [2.45, 2.75) is 52.7 Å². The molecular formula is C15H27N3O. The molecule has 4 heteroatoms. The van der Waals surface area contributed by atoms with Crippen LogP contribution in [0.25, 0.3) is 0 Å². The third-order valence-electron chi connectivity index (χ3n) is 4.32. The number of nitrogens with one attached hydrogen (secondary N) is 1. The first-order chi connectivity index (χ1) is 8.93. The first kappa shape index (κ1) is 14.5. The highest BCUT2D eigenvalue weighted by atomic mass is 16.5. The topological polar surface area (TPSA) is 39.1 Å². The maximum Gasteiger partial charge on any atom is 0.0619 e. The molecule has 2 heterocycles. The Kier molecular flexibility index (Phi) is 4.31. The Morgan fingerprint density at radius 2 is 2.32 bits per heavy atom. The predicted molar refractivity (Wildman–Crippen MR) is 77.3 cm³/mol. The Balaban J connectivity index is 2.16. The van der Waals surface area contributed by atoms with Crippen LogP contribution in [0.1, 0.15) is 38.6 Å². The molecule has 2 atom stereocenters. The van der Waals surface area contributed by atoms with Crippen molar-refractivity contribution < 1.29 is 4.74 Å². The minimum atomic E-state index is 0.199. The molecular weight excluding hydrogens is 238 g/mol. The SMILES string of the molecule is Cc1cc(CC2(CNC(C)C)CCOC2C)n(C)n1. The van der Waals surface area contributed by atoms with Gasteiger partial charge in [0, 0.05) is 37.4 Å². The molecule has 108 valence electrons. The van der Waals surface area contributed by atoms with E-state index in [1.165, 1.54) is 5.69 Å². The molecule has 0 aliphatic carbocycles. The van der Waals surface area contributed by atoms with E-state index in [4.69, 9.17) is 4.74 Å². The van der Waals surface area contributed by atoms with Crippen LogP contribution in [-0.4, -0.2) is 35.1 Å². The van der Waals surface area contributed by atoms with Crippen molar-refractivity contribution >= 4 is 0 Å². The predicted octanol–water partition coefficient (Wildman–Crippen LogP) is 2.06. The first-order valence-electron chi connectivity index (χ1n) is 7.27. The standard InChI is InChI=1S/C15H27N3O/c1-11(2)16-10-15(6-7-19-13(15)4)9-14-8-12(3)17-18(14)5/h8,11,13,16H,6-7,9-10H2,1-5H3. The minimum Gasteiger partial charge on any atom is -0.378 e. The molecule has 0 bridgehead atoms. The van der Waals surface area contributed by atoms with Gasteiger partial charge in [-0.1, -0.05) is 13.8 Å². The summed E-state index contributed by atoms with van der Waals surface area (Å²) in [6.07, 6.45) is 2.46. The fraction of sp³-hybridized carbons (Fsp3) is 0.800. The van der Waals surface area contributed by atoms with E-state index in [9.17, 15) is 0 Å². The zero-order chi connectivity index (χ0) is 14.0. The summed E-state index contributed by atoms with van der Waals surface area (Å²) in [5, 5.41) is 8.06. The van der Waals surface area contributed by atoms with Crippen LogP contribution in [0.4, 0.5) is 0 Å². The number of aromatic nitrogens is 2. The van der Waals surface area contributed by atoms with Crippen LogP contribution < -0.4 is 5.32 Å². The molecule has 0 amide bonds. The van der Waals surface area contributed by atoms with Crippen LogP contribution in [0, 0.1) is 12.3 Å². The maximum absolute atomic E-state index is 5.85. The minimum absolute atomic E-state index is 0.199. The lowest BCUT2D eigenvalue weighted by atomic mass is 9.77. The van der Waals surface area contributed by atoms with Gasteiger partial charge < -0.3 is 10.1 Å². The highest BCUT2D eigenvalue weighted by molar-refractivity contribution is 5.13. The fourth-order valence-electron chi connectivity index (χ4n) is 2.94. The van der Waals surface area contributed by atoms with E-state index >= 15 is 0 Å². The number of hydrogen-bond acceptors (Lipinski definition) is 3. The van der Waals surface area contributed by atoms with E-state index in [2.05, 4.69) is 44.2 Å². The van der Waals surface area contributed by atoms with Crippen molar-refractivity contribution in [3.05, 3.63) is 17.5 Å². The van der Waals surface area contributed by atoms with Crippen LogP contribution >= 0.6 is 0 Å². The second-order valence-electron chi connectivity index (χ2n) is 6.24. The van der Waals surface area contributed by atoms with Gasteiger partial charge in [0.1, 0.15) is 0 Å². The van der Waals surface area contributed by atoms with E-state index in [1.54, 1.807) is 0 Å². The smallest absolute Gasteiger partial charge is 0.0619 e. The summed E-state index contributed by atoms with van der Waals surface area (Å²) < 4.78 is 7.86. The molecule has 1 aromatic heterocycles. The summed E-state index contributed by atoms with van der Waals surface area (Å²) in [6.45, 7) is 10.5. The van der Waals surface area contributed by atoms with Crippen molar-refractivity contribution in [1.29, 1.82) is 0 Å². The summed E-state index contributed by atoms with van der Waals surface area (Å²) in [5.41, 5.74) is 2.60. The van der Waals surface area contributed by atoms with Gasteiger partial charge in [-0.3, -0.25) is 4.68 Å². The van der Waals surface area contributed by atoms with Crippen LogP contribution in [0.15, 0.2) is 6.07 Å². The van der Waals surface area contributed by atoms with Gasteiger partial charge in [-0.15, -0.1) is 0 Å². The molecule has 0 spiro atoms. The van der Waals surface area contributed by atoms with Crippen molar-refractivity contribution in [3.63, 3.8) is 0 Å². The molecule has 1 aromatic rings. The average molecular weight is 265 g/mol. The number of nitrogens with zero attached hydrogens (tertiary/aromatic N) is 2. The summed E-state index contributed by atoms with van der Waals surface area (Å²) in [4.78, 5) is 0. The largest absolute Gasteiger partial charge is 0.378 e. The van der Waals surface area contributed by atoms with Gasteiger partial charge in [-0.2, -0.15) is 5.10 Å². The average Bonchev–Trinajstić information content (AvgIpc) is 2.82. The van der Waals surface area contributed by atoms with Crippen LogP contribution in [-0.2, 0) is 18.2 Å². The third kappa shape index (κ3) is 3.18. The second-order valence-corrected chi connectivity index (χ2v) is 6.24. The normalized spacial score (nSPS) is 27.4. The van der Waals surface area contributed by atoms with Gasteiger partial charge in [-0.25, -0.2) is 0 Å². The molecule has 1 N–H and O–H groups in total. The Morgan fingerprint density at radius 3 is 2.79 bits per heavy atom. The van der Waals surface area contributed by atoms with Gasteiger partial charge in [0.05, 0.1) is 11.8 Å². The summed E-state index contributed by atoms with van der Waals surface area (Å²) in [6, 6.07) is 2.71. The van der Waals surface area contributed by atoms with E-state index in [-0.39, 0.29) is 5.41 Å². The van der Waals surface area contributed by atoms with Crippen molar-refractivity contribution in [2.24, 2.45) is 12.5 Å². The zero-order valence-electron chi connectivity index (χ0n) is 12.9. The Hall–Kier alpha value is -0.870. The van der Waals surface area contributed by atoms with Crippen LogP contribution in [0.2, 0.25) is 0 Å². The maximum atomic E-state index is 5.85. The number of rotatable bonds is 5. The second kappa shape index (κ2) is 5.63. The van der Waals surface area contributed by atoms with Gasteiger partial charge in [0.15, 0.2) is 0 Å². The molecule has 0 saturated carbocycles. The number of hydrogen-bond donors (Lipinski definition) is 1. The van der Waals surface area contributed by atoms with Crippen molar-refractivity contribution in [2.75, 3.05) is 13.2 Å². The Labute approximate surface area is 116 Å². The lowest BCUT2D eigenvalue weighted by Gasteiger charge is -2.33. The summed E-state index contributed by atoms with van der Waals surface area (Å²) in [7, 11) is 2.03. The number of ether oxygens (including phenoxy) is 1. The molecule has 1 aliphatic heterocycles. The van der Waals surface area contributed by atoms with Crippen LogP contribution in [0.3, 0.4) is 0 Å². The van der Waals surface area contributed by atoms with Gasteiger partial charge in [-0.05, 0) is 32.8 Å². The molecule has 1 fully saturated rings. The molecule has 4 nitrogen and oxygen atoms in total. The fourth-order valence-corrected chi connectivity index (χ4v) is 2.94. The highest BCUT2D eigenvalue weighted by Gasteiger charge is 2.42. The first-order valence-corrected chi connectivity index (χ1v) is 7.27. The Bertz CT molecular complexity index is 427. The van der Waals surface area contributed by atoms with Gasteiger partial charge >= 0.3 is 0 Å². The van der Waals surface area contributed by atoms with E-state index in [0.717, 1.165) is 31.7 Å². The van der Waals surface area contributed by atoms with E-state index in [1.807, 2.05) is 11.7 Å². The van der Waals surface area contributed by atoms with Crippen LogP contribution in [0.5, 0.6) is 0 Å². The molecule has 2 rings (SSSR count). The Morgan fingerprint density at radius 1 is 1.58 bits per heavy atom. The molecule has 2 unspecified atom stereocenters. The monoisotopic (exact) mass is 265 g/mol. The van der Waals surface area contributed by atoms with E-state index < -0.39 is 0 Å². The van der Waals surface area contributed by atoms with Gasteiger partial charge in [0.2, 0.25) is 0 Å². The van der Waals surface area contributed by atoms with Crippen molar-refractivity contribution in [1.82, 2.24) is 15.1 Å². The molecule has 0 aromatic carbocycles. The van der Waals surface area contributed by atoms with E-state index in [0.29, 0.717) is 12.1 Å². The lowest BCUT2D eigenvalue weighted by molar-refractivity contribution is 0.0611. The molecule has 1 saturated heterocycles. The molecule has 1 aliphatic rings.